The molecule has 0 aromatic carbocycles. The van der Waals surface area contributed by atoms with Crippen molar-refractivity contribution >= 4 is 11.3 Å². The molecule has 2 unspecified atom stereocenters. The first-order valence-corrected chi connectivity index (χ1v) is 9.34. The van der Waals surface area contributed by atoms with E-state index in [1.807, 2.05) is 11.3 Å². The van der Waals surface area contributed by atoms with Gasteiger partial charge in [-0.3, -0.25) is 4.90 Å². The number of rotatable bonds is 6. The van der Waals surface area contributed by atoms with Gasteiger partial charge >= 0.3 is 0 Å². The summed E-state index contributed by atoms with van der Waals surface area (Å²) < 4.78 is 0. The minimum atomic E-state index is 0.295. The van der Waals surface area contributed by atoms with Crippen molar-refractivity contribution in [3.8, 4) is 0 Å². The highest BCUT2D eigenvalue weighted by molar-refractivity contribution is 7.11. The van der Waals surface area contributed by atoms with E-state index in [9.17, 15) is 0 Å². The van der Waals surface area contributed by atoms with Crippen LogP contribution in [0.5, 0.6) is 0 Å². The molecule has 2 atom stereocenters. The van der Waals surface area contributed by atoms with Crippen molar-refractivity contribution in [2.24, 2.45) is 5.92 Å². The van der Waals surface area contributed by atoms with Gasteiger partial charge in [0.05, 0.1) is 0 Å². The summed E-state index contributed by atoms with van der Waals surface area (Å²) in [4.78, 5) is 5.76. The van der Waals surface area contributed by atoms with Crippen molar-refractivity contribution in [1.82, 2.24) is 10.2 Å². The monoisotopic (exact) mass is 308 g/mol. The van der Waals surface area contributed by atoms with Crippen molar-refractivity contribution in [2.75, 3.05) is 13.1 Å². The van der Waals surface area contributed by atoms with E-state index in [0.717, 1.165) is 25.4 Å². The second-order valence-electron chi connectivity index (χ2n) is 7.16. The van der Waals surface area contributed by atoms with Crippen LogP contribution >= 0.6 is 11.3 Å². The lowest BCUT2D eigenvalue weighted by Crippen LogP contribution is -2.62. The summed E-state index contributed by atoms with van der Waals surface area (Å²) in [6.45, 7) is 15.1. The van der Waals surface area contributed by atoms with Gasteiger partial charge in [-0.25, -0.2) is 0 Å². The maximum atomic E-state index is 3.79. The van der Waals surface area contributed by atoms with E-state index >= 15 is 0 Å². The molecule has 2 heterocycles. The second-order valence-corrected chi connectivity index (χ2v) is 8.41. The zero-order valence-corrected chi connectivity index (χ0v) is 15.2. The third-order valence-corrected chi connectivity index (χ3v) is 6.12. The van der Waals surface area contributed by atoms with Gasteiger partial charge in [-0.1, -0.05) is 27.7 Å². The topological polar surface area (TPSA) is 15.3 Å². The molecule has 1 aromatic rings. The molecule has 1 fully saturated rings. The van der Waals surface area contributed by atoms with Crippen molar-refractivity contribution in [2.45, 2.75) is 72.0 Å². The standard InChI is InChI=1S/C18H32N2S/c1-6-16-8-9-17(21-16)12-20-11-15(10-14(3)4)19-13-18(20,5)7-2/h8-9,14-15,19H,6-7,10-13H2,1-5H3. The normalized spacial score (nSPS) is 27.4. The molecular formula is C18H32N2S. The van der Waals surface area contributed by atoms with Crippen LogP contribution in [-0.2, 0) is 13.0 Å². The number of thiophene rings is 1. The van der Waals surface area contributed by atoms with Crippen LogP contribution in [0.4, 0.5) is 0 Å². The maximum Gasteiger partial charge on any atom is 0.0334 e. The average Bonchev–Trinajstić information content (AvgIpc) is 2.90. The Morgan fingerprint density at radius 1 is 1.33 bits per heavy atom. The molecule has 120 valence electrons. The highest BCUT2D eigenvalue weighted by atomic mass is 32.1. The molecule has 21 heavy (non-hydrogen) atoms. The summed E-state index contributed by atoms with van der Waals surface area (Å²) in [5.41, 5.74) is 0.295. The molecule has 0 bridgehead atoms. The molecule has 1 aliphatic heterocycles. The van der Waals surface area contributed by atoms with Crippen LogP contribution in [-0.4, -0.2) is 29.6 Å². The summed E-state index contributed by atoms with van der Waals surface area (Å²) in [6.07, 6.45) is 3.65. The summed E-state index contributed by atoms with van der Waals surface area (Å²) >= 11 is 1.99. The smallest absolute Gasteiger partial charge is 0.0334 e. The van der Waals surface area contributed by atoms with Gasteiger partial charge in [-0.15, -0.1) is 11.3 Å². The predicted molar refractivity (Wildman–Crippen MR) is 94.0 cm³/mol. The van der Waals surface area contributed by atoms with E-state index in [1.165, 1.54) is 29.1 Å². The zero-order valence-electron chi connectivity index (χ0n) is 14.4. The quantitative estimate of drug-likeness (QED) is 0.843. The number of hydrogen-bond acceptors (Lipinski definition) is 3. The van der Waals surface area contributed by atoms with Gasteiger partial charge in [0.25, 0.3) is 0 Å². The van der Waals surface area contributed by atoms with Crippen molar-refractivity contribution in [1.29, 1.82) is 0 Å². The Labute approximate surface area is 134 Å². The highest BCUT2D eigenvalue weighted by Gasteiger charge is 2.36. The zero-order chi connectivity index (χ0) is 15.5. The Bertz CT molecular complexity index is 440. The van der Waals surface area contributed by atoms with Crippen LogP contribution < -0.4 is 5.32 Å². The lowest BCUT2D eigenvalue weighted by molar-refractivity contribution is 0.0381. The minimum Gasteiger partial charge on any atom is -0.311 e. The highest BCUT2D eigenvalue weighted by Crippen LogP contribution is 2.28. The maximum absolute atomic E-state index is 3.79. The average molecular weight is 309 g/mol. The Hall–Kier alpha value is -0.380. The van der Waals surface area contributed by atoms with E-state index < -0.39 is 0 Å². The van der Waals surface area contributed by atoms with E-state index in [0.29, 0.717) is 11.6 Å². The van der Waals surface area contributed by atoms with Gasteiger partial charge in [0, 0.05) is 41.0 Å². The number of nitrogens with zero attached hydrogens (tertiary/aromatic N) is 1. The lowest BCUT2D eigenvalue weighted by atomic mass is 9.90. The molecule has 1 aliphatic rings. The van der Waals surface area contributed by atoms with Crippen LogP contribution in [0, 0.1) is 5.92 Å². The van der Waals surface area contributed by atoms with Gasteiger partial charge in [-0.05, 0) is 44.2 Å². The van der Waals surface area contributed by atoms with Crippen LogP contribution in [0.15, 0.2) is 12.1 Å². The largest absolute Gasteiger partial charge is 0.311 e. The van der Waals surface area contributed by atoms with Crippen LogP contribution in [0.25, 0.3) is 0 Å². The van der Waals surface area contributed by atoms with Gasteiger partial charge < -0.3 is 5.32 Å². The van der Waals surface area contributed by atoms with Crippen LogP contribution in [0.2, 0.25) is 0 Å². The van der Waals surface area contributed by atoms with E-state index in [4.69, 9.17) is 0 Å². The summed E-state index contributed by atoms with van der Waals surface area (Å²) in [7, 11) is 0. The van der Waals surface area contributed by atoms with Crippen LogP contribution in [0.1, 0.15) is 57.2 Å². The molecule has 0 spiro atoms. The Morgan fingerprint density at radius 3 is 2.62 bits per heavy atom. The number of hydrogen-bond donors (Lipinski definition) is 1. The SMILES string of the molecule is CCc1ccc(CN2CC(CC(C)C)NCC2(C)CC)s1. The second kappa shape index (κ2) is 7.26. The number of nitrogens with one attached hydrogen (secondary N) is 1. The summed E-state index contributed by atoms with van der Waals surface area (Å²) in [5, 5.41) is 3.79. The Morgan fingerprint density at radius 2 is 2.05 bits per heavy atom. The number of aryl methyl sites for hydroxylation is 1. The molecule has 0 amide bonds. The molecular weight excluding hydrogens is 276 g/mol. The molecule has 2 rings (SSSR count). The Balaban J connectivity index is 2.06. The molecule has 1 aromatic heterocycles. The summed E-state index contributed by atoms with van der Waals surface area (Å²) in [6, 6.07) is 5.28. The fraction of sp³-hybridized carbons (Fsp3) is 0.778. The fourth-order valence-corrected chi connectivity index (χ4v) is 4.22. The first kappa shape index (κ1) is 17.0. The van der Waals surface area contributed by atoms with Crippen LogP contribution in [0.3, 0.4) is 0 Å². The van der Waals surface area contributed by atoms with Crippen molar-refractivity contribution in [3.63, 3.8) is 0 Å². The molecule has 0 saturated carbocycles. The van der Waals surface area contributed by atoms with Gasteiger partial charge in [0.15, 0.2) is 0 Å². The Kier molecular flexibility index (Phi) is 5.87. The predicted octanol–water partition coefficient (Wildman–Crippen LogP) is 4.30. The molecule has 1 N–H and O–H groups in total. The van der Waals surface area contributed by atoms with Gasteiger partial charge in [0.2, 0.25) is 0 Å². The van der Waals surface area contributed by atoms with E-state index in [-0.39, 0.29) is 0 Å². The molecule has 1 saturated heterocycles. The minimum absolute atomic E-state index is 0.295. The van der Waals surface area contributed by atoms with Gasteiger partial charge in [0.1, 0.15) is 0 Å². The van der Waals surface area contributed by atoms with E-state index in [2.05, 4.69) is 57.0 Å². The summed E-state index contributed by atoms with van der Waals surface area (Å²) in [5.74, 6) is 0.767. The molecule has 0 radical (unpaired) electrons. The molecule has 3 heteroatoms. The first-order valence-electron chi connectivity index (χ1n) is 8.53. The van der Waals surface area contributed by atoms with E-state index in [1.54, 1.807) is 0 Å². The third-order valence-electron chi connectivity index (χ3n) is 4.91. The number of piperazine rings is 1. The van der Waals surface area contributed by atoms with Crippen molar-refractivity contribution < 1.29 is 0 Å². The molecule has 0 aliphatic carbocycles. The first-order chi connectivity index (χ1) is 9.96. The fourth-order valence-electron chi connectivity index (χ4n) is 3.24. The van der Waals surface area contributed by atoms with Gasteiger partial charge in [-0.2, -0.15) is 0 Å². The van der Waals surface area contributed by atoms with Crippen molar-refractivity contribution in [3.05, 3.63) is 21.9 Å². The lowest BCUT2D eigenvalue weighted by Gasteiger charge is -2.48. The third kappa shape index (κ3) is 4.30. The molecule has 2 nitrogen and oxygen atoms in total.